The number of rotatable bonds is 2. The molecule has 0 spiro atoms. The summed E-state index contributed by atoms with van der Waals surface area (Å²) in [5.41, 5.74) is 0.435. The van der Waals surface area contributed by atoms with Gasteiger partial charge in [0, 0.05) is 5.92 Å². The zero-order chi connectivity index (χ0) is 14.8. The molecule has 21 heavy (non-hydrogen) atoms. The van der Waals surface area contributed by atoms with Gasteiger partial charge in [-0.25, -0.2) is 0 Å². The summed E-state index contributed by atoms with van der Waals surface area (Å²) < 4.78 is 12.0. The quantitative estimate of drug-likeness (QED) is 0.850. The first-order chi connectivity index (χ1) is 9.96. The first kappa shape index (κ1) is 13.3. The minimum Gasteiger partial charge on any atom is -0.507 e. The minimum atomic E-state index is -0.543. The molecule has 1 heterocycles. The van der Waals surface area contributed by atoms with E-state index in [2.05, 4.69) is 0 Å². The third kappa shape index (κ3) is 1.93. The van der Waals surface area contributed by atoms with Crippen LogP contribution in [0.25, 0.3) is 0 Å². The van der Waals surface area contributed by atoms with Gasteiger partial charge in [-0.2, -0.15) is 0 Å². The Balaban J connectivity index is 1.60. The van der Waals surface area contributed by atoms with E-state index >= 15 is 0 Å². The lowest BCUT2D eigenvalue weighted by molar-refractivity contribution is -0.157. The maximum absolute atomic E-state index is 12.8. The lowest BCUT2D eigenvalue weighted by atomic mass is 9.80. The van der Waals surface area contributed by atoms with Crippen LogP contribution in [0.2, 0.25) is 0 Å². The van der Waals surface area contributed by atoms with Crippen molar-refractivity contribution in [1.82, 2.24) is 0 Å². The molecular weight excluding hydrogens is 268 g/mol. The van der Waals surface area contributed by atoms with E-state index in [1.165, 1.54) is 0 Å². The Bertz CT molecular complexity index is 594. The van der Waals surface area contributed by atoms with Crippen LogP contribution >= 0.6 is 0 Å². The number of ether oxygens (including phenoxy) is 2. The molecule has 5 atom stereocenters. The first-order valence-electron chi connectivity index (χ1n) is 7.64. The van der Waals surface area contributed by atoms with Crippen molar-refractivity contribution in [1.29, 1.82) is 0 Å². The predicted molar refractivity (Wildman–Crippen MR) is 76.0 cm³/mol. The highest BCUT2D eigenvalue weighted by Gasteiger charge is 2.61. The summed E-state index contributed by atoms with van der Waals surface area (Å²) in [5, 5.41) is 9.91. The maximum Gasteiger partial charge on any atom is 0.170 e. The van der Waals surface area contributed by atoms with E-state index in [4.69, 9.17) is 9.47 Å². The zero-order valence-electron chi connectivity index (χ0n) is 12.3. The lowest BCUT2D eigenvalue weighted by Crippen LogP contribution is -2.37. The average molecular weight is 288 g/mol. The number of para-hydroxylation sites is 1. The summed E-state index contributed by atoms with van der Waals surface area (Å²) in [6, 6.07) is 6.80. The molecule has 2 saturated carbocycles. The monoisotopic (exact) mass is 288 g/mol. The molecule has 4 nitrogen and oxygen atoms in total. The molecule has 3 aliphatic rings. The molecule has 2 bridgehead atoms. The maximum atomic E-state index is 12.8. The number of phenols is 1. The third-order valence-electron chi connectivity index (χ3n) is 5.20. The average Bonchev–Trinajstić information content (AvgIpc) is 3.06. The van der Waals surface area contributed by atoms with Crippen LogP contribution in [0.1, 0.15) is 37.0 Å². The number of aromatic hydroxyl groups is 1. The Hall–Kier alpha value is -1.39. The molecule has 0 radical (unpaired) electrons. The highest BCUT2D eigenvalue weighted by molar-refractivity contribution is 6.00. The number of carbonyl (C=O) groups excluding carboxylic acids is 1. The second kappa shape index (κ2) is 4.31. The van der Waals surface area contributed by atoms with Gasteiger partial charge in [-0.05, 0) is 50.7 Å². The first-order valence-corrected chi connectivity index (χ1v) is 7.64. The highest BCUT2D eigenvalue weighted by atomic mass is 16.8. The molecule has 1 saturated heterocycles. The summed E-state index contributed by atoms with van der Waals surface area (Å²) in [6.45, 7) is 3.87. The Morgan fingerprint density at radius 2 is 1.90 bits per heavy atom. The van der Waals surface area contributed by atoms with Crippen LogP contribution in [0.3, 0.4) is 0 Å². The van der Waals surface area contributed by atoms with Gasteiger partial charge in [0.25, 0.3) is 0 Å². The topological polar surface area (TPSA) is 55.8 Å². The highest BCUT2D eigenvalue weighted by Crippen LogP contribution is 2.56. The minimum absolute atomic E-state index is 0.0264. The van der Waals surface area contributed by atoms with Crippen molar-refractivity contribution < 1.29 is 19.4 Å². The number of ketones is 1. The van der Waals surface area contributed by atoms with Crippen LogP contribution in [0.5, 0.6) is 5.75 Å². The third-order valence-corrected chi connectivity index (χ3v) is 5.20. The fraction of sp³-hybridized carbons (Fsp3) is 0.588. The Kier molecular flexibility index (Phi) is 2.72. The SMILES string of the molecule is CC1(C)O[C@@H]2[C@@H]3C[C@H]([C@@H]2O1)[C@@H](C(=O)c1ccccc1O)C3. The number of hydrogen-bond donors (Lipinski definition) is 1. The number of phenolic OH excluding ortho intramolecular Hbond substituents is 1. The lowest BCUT2D eigenvalue weighted by Gasteiger charge is -2.28. The largest absolute Gasteiger partial charge is 0.507 e. The number of Topliss-reactive ketones (excluding diaryl/α,β-unsaturated/α-hetero) is 1. The van der Waals surface area contributed by atoms with E-state index in [0.717, 1.165) is 12.8 Å². The van der Waals surface area contributed by atoms with Crippen LogP contribution in [-0.4, -0.2) is 28.9 Å². The van der Waals surface area contributed by atoms with Gasteiger partial charge in [0.05, 0.1) is 17.8 Å². The van der Waals surface area contributed by atoms with Gasteiger partial charge in [0.15, 0.2) is 11.6 Å². The van der Waals surface area contributed by atoms with Gasteiger partial charge in [-0.1, -0.05) is 12.1 Å². The van der Waals surface area contributed by atoms with Crippen molar-refractivity contribution in [3.63, 3.8) is 0 Å². The van der Waals surface area contributed by atoms with Crippen LogP contribution in [0, 0.1) is 17.8 Å². The number of hydrogen-bond acceptors (Lipinski definition) is 4. The van der Waals surface area contributed by atoms with Gasteiger partial charge >= 0.3 is 0 Å². The molecule has 3 fully saturated rings. The van der Waals surface area contributed by atoms with Crippen molar-refractivity contribution >= 4 is 5.78 Å². The fourth-order valence-electron chi connectivity index (χ4n) is 4.44. The van der Waals surface area contributed by atoms with E-state index < -0.39 is 5.79 Å². The van der Waals surface area contributed by atoms with Crippen molar-refractivity contribution in [3.05, 3.63) is 29.8 Å². The summed E-state index contributed by atoms with van der Waals surface area (Å²) in [6.07, 6.45) is 2.00. The van der Waals surface area contributed by atoms with Gasteiger partial charge in [0.2, 0.25) is 0 Å². The Morgan fingerprint density at radius 3 is 2.67 bits per heavy atom. The van der Waals surface area contributed by atoms with Crippen molar-refractivity contribution in [2.45, 2.75) is 44.7 Å². The van der Waals surface area contributed by atoms with Crippen molar-refractivity contribution in [2.24, 2.45) is 17.8 Å². The Morgan fingerprint density at radius 1 is 1.19 bits per heavy atom. The van der Waals surface area contributed by atoms with Gasteiger partial charge in [-0.3, -0.25) is 4.79 Å². The molecule has 0 aromatic heterocycles. The van der Waals surface area contributed by atoms with Gasteiger partial charge < -0.3 is 14.6 Å². The Labute approximate surface area is 124 Å². The van der Waals surface area contributed by atoms with E-state index in [1.807, 2.05) is 13.8 Å². The molecule has 0 unspecified atom stereocenters. The van der Waals surface area contributed by atoms with Crippen LogP contribution in [0.15, 0.2) is 24.3 Å². The van der Waals surface area contributed by atoms with Crippen molar-refractivity contribution in [2.75, 3.05) is 0 Å². The number of benzene rings is 1. The molecule has 4 heteroatoms. The van der Waals surface area contributed by atoms with Gasteiger partial charge in [0.1, 0.15) is 5.75 Å². The van der Waals surface area contributed by atoms with Crippen LogP contribution in [0.4, 0.5) is 0 Å². The summed E-state index contributed by atoms with van der Waals surface area (Å²) in [7, 11) is 0. The second-order valence-corrected chi connectivity index (χ2v) is 6.95. The van der Waals surface area contributed by atoms with E-state index in [0.29, 0.717) is 11.5 Å². The molecule has 1 aromatic carbocycles. The van der Waals surface area contributed by atoms with Crippen LogP contribution < -0.4 is 0 Å². The molecule has 112 valence electrons. The zero-order valence-corrected chi connectivity index (χ0v) is 12.3. The molecule has 2 aliphatic carbocycles. The normalized spacial score (nSPS) is 39.4. The molecule has 1 aliphatic heterocycles. The van der Waals surface area contributed by atoms with Crippen LogP contribution in [-0.2, 0) is 9.47 Å². The van der Waals surface area contributed by atoms with Gasteiger partial charge in [-0.15, -0.1) is 0 Å². The number of fused-ring (bicyclic) bond motifs is 5. The number of carbonyl (C=O) groups is 1. The van der Waals surface area contributed by atoms with E-state index in [1.54, 1.807) is 24.3 Å². The van der Waals surface area contributed by atoms with Crippen molar-refractivity contribution in [3.8, 4) is 5.75 Å². The molecule has 0 amide bonds. The molecular formula is C17H20O4. The predicted octanol–water partition coefficient (Wildman–Crippen LogP) is 2.75. The smallest absolute Gasteiger partial charge is 0.170 e. The summed E-state index contributed by atoms with van der Waals surface area (Å²) >= 11 is 0. The summed E-state index contributed by atoms with van der Waals surface area (Å²) in [4.78, 5) is 12.8. The second-order valence-electron chi connectivity index (χ2n) is 6.95. The molecule has 1 aromatic rings. The van der Waals surface area contributed by atoms with E-state index in [-0.39, 0.29) is 35.6 Å². The van der Waals surface area contributed by atoms with E-state index in [9.17, 15) is 9.90 Å². The summed E-state index contributed by atoms with van der Waals surface area (Å²) in [5.74, 6) is 0.148. The molecule has 4 rings (SSSR count). The fourth-order valence-corrected chi connectivity index (χ4v) is 4.44. The standard InChI is InChI=1S/C17H20O4/c1-17(2)20-15-9-7-11(12(8-9)16(15)21-17)14(19)10-5-3-4-6-13(10)18/h3-6,9,11-12,15-16,18H,7-8H2,1-2H3/t9-,11-,12-,15+,16-/m0/s1. The molecule has 1 N–H and O–H groups in total.